The zero-order valence-corrected chi connectivity index (χ0v) is 10.5. The van der Waals surface area contributed by atoms with E-state index in [9.17, 15) is 4.21 Å². The number of rotatable bonds is 2. The van der Waals surface area contributed by atoms with Gasteiger partial charge in [0.25, 0.3) is 0 Å². The van der Waals surface area contributed by atoms with Gasteiger partial charge in [0.15, 0.2) is 0 Å². The maximum Gasteiger partial charge on any atom is 0.127 e. The standard InChI is InChI=1S/C12H17NO2S/c1-10-3-5-12(6-4-10)16(14)13-7-8-15-11(2)9-13/h3-6,11H,7-9H2,1-2H3. The minimum Gasteiger partial charge on any atom is -0.376 e. The third-order valence-corrected chi connectivity index (χ3v) is 4.14. The third kappa shape index (κ3) is 2.70. The van der Waals surface area contributed by atoms with Gasteiger partial charge in [-0.1, -0.05) is 17.7 Å². The lowest BCUT2D eigenvalue weighted by Crippen LogP contribution is -2.41. The van der Waals surface area contributed by atoms with Crippen LogP contribution in [0.4, 0.5) is 0 Å². The van der Waals surface area contributed by atoms with E-state index in [2.05, 4.69) is 0 Å². The van der Waals surface area contributed by atoms with Crippen LogP contribution in [0.3, 0.4) is 0 Å². The predicted octanol–water partition coefficient (Wildman–Crippen LogP) is 1.74. The SMILES string of the molecule is Cc1ccc(S(=O)N2CCOC(C)C2)cc1. The van der Waals surface area contributed by atoms with E-state index in [1.807, 2.05) is 42.4 Å². The number of hydrogen-bond acceptors (Lipinski definition) is 2. The van der Waals surface area contributed by atoms with Crippen LogP contribution in [0.5, 0.6) is 0 Å². The van der Waals surface area contributed by atoms with Crippen LogP contribution in [0.2, 0.25) is 0 Å². The lowest BCUT2D eigenvalue weighted by molar-refractivity contribution is 0.0118. The van der Waals surface area contributed by atoms with Crippen molar-refractivity contribution in [2.45, 2.75) is 24.8 Å². The minimum atomic E-state index is -1.05. The maximum atomic E-state index is 12.2. The Balaban J connectivity index is 2.09. The van der Waals surface area contributed by atoms with Crippen LogP contribution >= 0.6 is 0 Å². The van der Waals surface area contributed by atoms with Crippen molar-refractivity contribution < 1.29 is 8.95 Å². The highest BCUT2D eigenvalue weighted by atomic mass is 32.2. The predicted molar refractivity (Wildman–Crippen MR) is 64.6 cm³/mol. The van der Waals surface area contributed by atoms with Gasteiger partial charge in [-0.25, -0.2) is 8.51 Å². The monoisotopic (exact) mass is 239 g/mol. The van der Waals surface area contributed by atoms with E-state index in [0.717, 1.165) is 18.0 Å². The van der Waals surface area contributed by atoms with E-state index in [1.54, 1.807) is 0 Å². The summed E-state index contributed by atoms with van der Waals surface area (Å²) < 4.78 is 19.6. The van der Waals surface area contributed by atoms with E-state index in [-0.39, 0.29) is 6.10 Å². The van der Waals surface area contributed by atoms with Crippen molar-refractivity contribution in [1.29, 1.82) is 0 Å². The first-order valence-electron chi connectivity index (χ1n) is 5.52. The first kappa shape index (κ1) is 11.8. The number of morpholine rings is 1. The second-order valence-corrected chi connectivity index (χ2v) is 5.62. The van der Waals surface area contributed by atoms with Crippen molar-refractivity contribution in [1.82, 2.24) is 4.31 Å². The first-order chi connectivity index (χ1) is 7.66. The zero-order valence-electron chi connectivity index (χ0n) is 9.68. The zero-order chi connectivity index (χ0) is 11.5. The molecule has 0 amide bonds. The van der Waals surface area contributed by atoms with Gasteiger partial charge in [-0.15, -0.1) is 0 Å². The van der Waals surface area contributed by atoms with Crippen molar-refractivity contribution in [2.24, 2.45) is 0 Å². The summed E-state index contributed by atoms with van der Waals surface area (Å²) in [6, 6.07) is 7.87. The van der Waals surface area contributed by atoms with Crippen molar-refractivity contribution in [3.63, 3.8) is 0 Å². The lowest BCUT2D eigenvalue weighted by Gasteiger charge is -2.29. The van der Waals surface area contributed by atoms with Crippen LogP contribution in [0.15, 0.2) is 29.2 Å². The summed E-state index contributed by atoms with van der Waals surface area (Å²) in [6.07, 6.45) is 0.170. The number of ether oxygens (including phenoxy) is 1. The molecule has 2 rings (SSSR count). The average molecular weight is 239 g/mol. The molecule has 1 aromatic rings. The highest BCUT2D eigenvalue weighted by Gasteiger charge is 2.22. The molecule has 0 aromatic heterocycles. The van der Waals surface area contributed by atoms with Crippen molar-refractivity contribution in [2.75, 3.05) is 19.7 Å². The molecule has 0 spiro atoms. The van der Waals surface area contributed by atoms with Gasteiger partial charge in [0, 0.05) is 13.1 Å². The molecule has 1 saturated heterocycles. The quantitative estimate of drug-likeness (QED) is 0.786. The number of nitrogens with zero attached hydrogens (tertiary/aromatic N) is 1. The van der Waals surface area contributed by atoms with E-state index in [1.165, 1.54) is 5.56 Å². The fourth-order valence-electron chi connectivity index (χ4n) is 1.74. The fraction of sp³-hybridized carbons (Fsp3) is 0.500. The van der Waals surface area contributed by atoms with Gasteiger partial charge in [-0.3, -0.25) is 0 Å². The molecule has 0 radical (unpaired) electrons. The van der Waals surface area contributed by atoms with Crippen LogP contribution < -0.4 is 0 Å². The normalized spacial score (nSPS) is 24.2. The molecule has 1 fully saturated rings. The summed E-state index contributed by atoms with van der Waals surface area (Å²) in [7, 11) is -1.05. The van der Waals surface area contributed by atoms with Gasteiger partial charge >= 0.3 is 0 Å². The Morgan fingerprint density at radius 1 is 1.38 bits per heavy atom. The molecule has 1 heterocycles. The molecule has 16 heavy (non-hydrogen) atoms. The summed E-state index contributed by atoms with van der Waals surface area (Å²) in [6.45, 7) is 6.19. The van der Waals surface area contributed by atoms with Crippen molar-refractivity contribution >= 4 is 11.0 Å². The maximum absolute atomic E-state index is 12.2. The second-order valence-electron chi connectivity index (χ2n) is 4.13. The molecule has 3 nitrogen and oxygen atoms in total. The van der Waals surface area contributed by atoms with Crippen LogP contribution in [-0.4, -0.2) is 34.3 Å². The molecule has 4 heteroatoms. The minimum absolute atomic E-state index is 0.170. The first-order valence-corrected chi connectivity index (χ1v) is 6.62. The Morgan fingerprint density at radius 3 is 2.69 bits per heavy atom. The number of aryl methyl sites for hydroxylation is 1. The van der Waals surface area contributed by atoms with Crippen LogP contribution in [0.1, 0.15) is 12.5 Å². The van der Waals surface area contributed by atoms with E-state index in [0.29, 0.717) is 6.61 Å². The molecule has 1 aliphatic heterocycles. The molecule has 2 atom stereocenters. The average Bonchev–Trinajstić information content (AvgIpc) is 2.29. The summed E-state index contributed by atoms with van der Waals surface area (Å²) >= 11 is 0. The smallest absolute Gasteiger partial charge is 0.127 e. The number of benzene rings is 1. The molecule has 88 valence electrons. The molecule has 1 aliphatic rings. The van der Waals surface area contributed by atoms with Crippen LogP contribution in [0, 0.1) is 6.92 Å². The molecule has 0 N–H and O–H groups in total. The molecule has 1 aromatic carbocycles. The van der Waals surface area contributed by atoms with E-state index >= 15 is 0 Å². The van der Waals surface area contributed by atoms with Gasteiger partial charge in [0.1, 0.15) is 11.0 Å². The fourth-order valence-corrected chi connectivity index (χ4v) is 2.99. The molecule has 0 aliphatic carbocycles. The third-order valence-electron chi connectivity index (χ3n) is 2.66. The Morgan fingerprint density at radius 2 is 2.06 bits per heavy atom. The molecular formula is C12H17NO2S. The van der Waals surface area contributed by atoms with Crippen molar-refractivity contribution in [3.8, 4) is 0 Å². The molecule has 0 bridgehead atoms. The molecule has 0 saturated carbocycles. The van der Waals surface area contributed by atoms with Gasteiger partial charge in [-0.05, 0) is 26.0 Å². The summed E-state index contributed by atoms with van der Waals surface area (Å²) in [5.41, 5.74) is 1.19. The molecule has 2 unspecified atom stereocenters. The van der Waals surface area contributed by atoms with E-state index in [4.69, 9.17) is 4.74 Å². The Bertz CT molecular complexity index is 377. The topological polar surface area (TPSA) is 29.5 Å². The Labute approximate surface area is 99.0 Å². The largest absolute Gasteiger partial charge is 0.376 e. The van der Waals surface area contributed by atoms with Gasteiger partial charge in [0.05, 0.1) is 17.6 Å². The van der Waals surface area contributed by atoms with Gasteiger partial charge in [0.2, 0.25) is 0 Å². The summed E-state index contributed by atoms with van der Waals surface area (Å²) in [5, 5.41) is 0. The summed E-state index contributed by atoms with van der Waals surface area (Å²) in [5.74, 6) is 0. The number of hydrogen-bond donors (Lipinski definition) is 0. The highest BCUT2D eigenvalue weighted by molar-refractivity contribution is 7.82. The second kappa shape index (κ2) is 5.08. The summed E-state index contributed by atoms with van der Waals surface area (Å²) in [4.78, 5) is 0.875. The van der Waals surface area contributed by atoms with E-state index < -0.39 is 11.0 Å². The van der Waals surface area contributed by atoms with Crippen LogP contribution in [0.25, 0.3) is 0 Å². The van der Waals surface area contributed by atoms with Gasteiger partial charge in [-0.2, -0.15) is 0 Å². The highest BCUT2D eigenvalue weighted by Crippen LogP contribution is 2.15. The lowest BCUT2D eigenvalue weighted by atomic mass is 10.2. The van der Waals surface area contributed by atoms with Gasteiger partial charge < -0.3 is 4.74 Å². The van der Waals surface area contributed by atoms with Crippen molar-refractivity contribution in [3.05, 3.63) is 29.8 Å². The molecular weight excluding hydrogens is 222 g/mol. The Kier molecular flexibility index (Phi) is 3.74. The van der Waals surface area contributed by atoms with Crippen LogP contribution in [-0.2, 0) is 15.7 Å². The Hall–Kier alpha value is -0.710.